The first-order valence-corrected chi connectivity index (χ1v) is 4.63. The Kier molecular flexibility index (Phi) is 6.20. The Morgan fingerprint density at radius 2 is 1.85 bits per heavy atom. The second-order valence-corrected chi connectivity index (χ2v) is 2.92. The SMILES string of the molecule is Cc1ccccc1.N#CC=S(=O)=O. The van der Waals surface area contributed by atoms with Crippen molar-refractivity contribution in [1.29, 1.82) is 5.26 Å². The standard InChI is InChI=1S/C7H8.C2HNO2S/c1-7-5-3-2-4-6-7;3-1-2-6(4)5/h2-6H,1H3;2H. The molecule has 0 unspecified atom stereocenters. The van der Waals surface area contributed by atoms with Crippen molar-refractivity contribution in [3.8, 4) is 6.07 Å². The lowest BCUT2D eigenvalue weighted by Gasteiger charge is -1.82. The molecule has 0 fully saturated rings. The summed E-state index contributed by atoms with van der Waals surface area (Å²) in [5.74, 6) is 0. The molecule has 1 aromatic rings. The van der Waals surface area contributed by atoms with Gasteiger partial charge < -0.3 is 0 Å². The highest BCUT2D eigenvalue weighted by atomic mass is 32.2. The van der Waals surface area contributed by atoms with Crippen LogP contribution in [0.25, 0.3) is 0 Å². The monoisotopic (exact) mass is 195 g/mol. The van der Waals surface area contributed by atoms with Gasteiger partial charge in [-0.2, -0.15) is 13.7 Å². The Morgan fingerprint density at radius 1 is 1.31 bits per heavy atom. The topological polar surface area (TPSA) is 57.9 Å². The van der Waals surface area contributed by atoms with Crippen LogP contribution in [0.5, 0.6) is 0 Å². The molecule has 3 nitrogen and oxygen atoms in total. The van der Waals surface area contributed by atoms with E-state index in [1.165, 1.54) is 11.6 Å². The van der Waals surface area contributed by atoms with E-state index in [2.05, 4.69) is 19.1 Å². The third kappa shape index (κ3) is 8.30. The lowest BCUT2D eigenvalue weighted by atomic mass is 10.2. The number of aryl methyl sites for hydroxylation is 1. The highest BCUT2D eigenvalue weighted by molar-refractivity contribution is 7.71. The van der Waals surface area contributed by atoms with E-state index in [0.717, 1.165) is 0 Å². The first-order valence-electron chi connectivity index (χ1n) is 3.49. The number of benzene rings is 1. The van der Waals surface area contributed by atoms with Crippen LogP contribution < -0.4 is 0 Å². The van der Waals surface area contributed by atoms with E-state index in [1.807, 2.05) is 18.2 Å². The molecule has 0 bridgehead atoms. The fraction of sp³-hybridized carbons (Fsp3) is 0.111. The molecule has 0 atom stereocenters. The first-order chi connectivity index (χ1) is 6.16. The maximum Gasteiger partial charge on any atom is 0.224 e. The van der Waals surface area contributed by atoms with Gasteiger partial charge in [0.25, 0.3) is 0 Å². The van der Waals surface area contributed by atoms with E-state index >= 15 is 0 Å². The van der Waals surface area contributed by atoms with Crippen molar-refractivity contribution in [2.45, 2.75) is 6.92 Å². The van der Waals surface area contributed by atoms with Gasteiger partial charge in [-0.15, -0.1) is 0 Å². The molecule has 0 saturated heterocycles. The van der Waals surface area contributed by atoms with E-state index in [0.29, 0.717) is 5.37 Å². The van der Waals surface area contributed by atoms with Gasteiger partial charge in [-0.1, -0.05) is 35.9 Å². The molecule has 68 valence electrons. The van der Waals surface area contributed by atoms with Crippen molar-refractivity contribution in [3.05, 3.63) is 35.9 Å². The molecule has 13 heavy (non-hydrogen) atoms. The second-order valence-electron chi connectivity index (χ2n) is 2.16. The van der Waals surface area contributed by atoms with Gasteiger partial charge in [-0.3, -0.25) is 0 Å². The molecule has 0 spiro atoms. The van der Waals surface area contributed by atoms with Gasteiger partial charge >= 0.3 is 0 Å². The highest BCUT2D eigenvalue weighted by Crippen LogP contribution is 1.92. The molecule has 4 heteroatoms. The number of nitrogens with zero attached hydrogens (tertiary/aromatic N) is 1. The summed E-state index contributed by atoms with van der Waals surface area (Å²) in [7, 11) is -2.30. The van der Waals surface area contributed by atoms with E-state index in [9.17, 15) is 8.42 Å². The molecule has 0 aliphatic carbocycles. The maximum atomic E-state index is 9.32. The number of hydrogen-bond donors (Lipinski definition) is 0. The molecular formula is C9H9NO2S. The van der Waals surface area contributed by atoms with Gasteiger partial charge in [-0.25, -0.2) is 0 Å². The molecule has 0 aliphatic rings. The predicted octanol–water partition coefficient (Wildman–Crippen LogP) is 1.19. The third-order valence-electron chi connectivity index (χ3n) is 1.09. The van der Waals surface area contributed by atoms with Crippen molar-refractivity contribution in [1.82, 2.24) is 0 Å². The van der Waals surface area contributed by atoms with Crippen LogP contribution in [0.2, 0.25) is 0 Å². The summed E-state index contributed by atoms with van der Waals surface area (Å²) in [5.41, 5.74) is 1.32. The number of hydrogen-bond acceptors (Lipinski definition) is 3. The average molecular weight is 195 g/mol. The van der Waals surface area contributed by atoms with Gasteiger partial charge in [0, 0.05) is 0 Å². The lowest BCUT2D eigenvalue weighted by molar-refractivity contribution is 0.627. The van der Waals surface area contributed by atoms with Gasteiger partial charge in [0.15, 0.2) is 0 Å². The Labute approximate surface area is 78.8 Å². The Bertz CT molecular complexity index is 393. The summed E-state index contributed by atoms with van der Waals surface area (Å²) in [5, 5.41) is 8.05. The van der Waals surface area contributed by atoms with Crippen LogP contribution in [-0.4, -0.2) is 13.8 Å². The number of rotatable bonds is 0. The van der Waals surface area contributed by atoms with Crippen LogP contribution >= 0.6 is 0 Å². The zero-order valence-electron chi connectivity index (χ0n) is 7.14. The molecular weight excluding hydrogens is 186 g/mol. The Balaban J connectivity index is 0.000000226. The highest BCUT2D eigenvalue weighted by Gasteiger charge is 1.72. The van der Waals surface area contributed by atoms with Crippen LogP contribution in [0.4, 0.5) is 0 Å². The van der Waals surface area contributed by atoms with Crippen LogP contribution in [0.15, 0.2) is 30.3 Å². The minimum Gasteiger partial charge on any atom is -0.192 e. The molecule has 0 saturated carbocycles. The maximum absolute atomic E-state index is 9.32. The second kappa shape index (κ2) is 7.07. The fourth-order valence-corrected chi connectivity index (χ4v) is 0.663. The van der Waals surface area contributed by atoms with E-state index in [4.69, 9.17) is 5.26 Å². The first kappa shape index (κ1) is 11.4. The summed E-state index contributed by atoms with van der Waals surface area (Å²) in [6.45, 7) is 2.08. The largest absolute Gasteiger partial charge is 0.224 e. The van der Waals surface area contributed by atoms with Crippen LogP contribution in [-0.2, 0) is 10.3 Å². The van der Waals surface area contributed by atoms with Crippen molar-refractivity contribution in [3.63, 3.8) is 0 Å². The van der Waals surface area contributed by atoms with Crippen LogP contribution in [0.3, 0.4) is 0 Å². The van der Waals surface area contributed by atoms with Crippen LogP contribution in [0, 0.1) is 18.3 Å². The van der Waals surface area contributed by atoms with Crippen molar-refractivity contribution >= 4 is 15.7 Å². The van der Waals surface area contributed by atoms with Gasteiger partial charge in [0.2, 0.25) is 10.3 Å². The lowest BCUT2D eigenvalue weighted by Crippen LogP contribution is -1.62. The molecule has 0 radical (unpaired) electrons. The van der Waals surface area contributed by atoms with Gasteiger partial charge in [0.1, 0.15) is 11.4 Å². The molecule has 0 N–H and O–H groups in total. The summed E-state index contributed by atoms with van der Waals surface area (Å²) in [4.78, 5) is 0. The Morgan fingerprint density at radius 3 is 2.00 bits per heavy atom. The average Bonchev–Trinajstić information content (AvgIpc) is 2.06. The van der Waals surface area contributed by atoms with Crippen molar-refractivity contribution in [2.24, 2.45) is 0 Å². The molecule has 1 rings (SSSR count). The molecule has 0 aliphatic heterocycles. The minimum atomic E-state index is -2.30. The third-order valence-corrected chi connectivity index (χ3v) is 1.39. The molecule has 0 aromatic heterocycles. The zero-order chi connectivity index (χ0) is 10.1. The molecule has 1 aromatic carbocycles. The van der Waals surface area contributed by atoms with E-state index in [-0.39, 0.29) is 0 Å². The smallest absolute Gasteiger partial charge is 0.192 e. The van der Waals surface area contributed by atoms with E-state index in [1.54, 1.807) is 0 Å². The molecule has 0 amide bonds. The summed E-state index contributed by atoms with van der Waals surface area (Å²) >= 11 is 0. The predicted molar refractivity (Wildman–Crippen MR) is 51.8 cm³/mol. The normalized spacial score (nSPS) is 7.38. The number of nitriles is 1. The van der Waals surface area contributed by atoms with Crippen molar-refractivity contribution in [2.75, 3.05) is 0 Å². The Hall–Kier alpha value is -1.60. The van der Waals surface area contributed by atoms with Crippen molar-refractivity contribution < 1.29 is 8.42 Å². The minimum absolute atomic E-state index is 0.514. The molecule has 0 heterocycles. The van der Waals surface area contributed by atoms with Crippen LogP contribution in [0.1, 0.15) is 5.56 Å². The van der Waals surface area contributed by atoms with Gasteiger partial charge in [0.05, 0.1) is 0 Å². The summed E-state index contributed by atoms with van der Waals surface area (Å²) in [6, 6.07) is 11.6. The summed E-state index contributed by atoms with van der Waals surface area (Å²) < 4.78 is 18.6. The zero-order valence-corrected chi connectivity index (χ0v) is 7.95. The van der Waals surface area contributed by atoms with Gasteiger partial charge in [-0.05, 0) is 6.92 Å². The summed E-state index contributed by atoms with van der Waals surface area (Å²) in [6.07, 6.45) is 0. The fourth-order valence-electron chi connectivity index (χ4n) is 0.577. The van der Waals surface area contributed by atoms with E-state index < -0.39 is 10.3 Å². The quantitative estimate of drug-likeness (QED) is 0.584.